The van der Waals surface area contributed by atoms with Gasteiger partial charge in [0.25, 0.3) is 5.91 Å². The minimum absolute atomic E-state index is 0.0636. The van der Waals surface area contributed by atoms with Gasteiger partial charge in [-0.25, -0.2) is 0 Å². The van der Waals surface area contributed by atoms with Crippen molar-refractivity contribution in [1.82, 2.24) is 10.6 Å². The molecule has 0 heterocycles. The van der Waals surface area contributed by atoms with E-state index in [1.165, 1.54) is 0 Å². The standard InChI is InChI=1S/C17H25N3O2/c1-2-11-19-16(22)17(9-4-3-5-10-17)20-15(21)13-7-6-8-14(18)12-13/h6-8,12H,2-5,9-11,18H2,1H3,(H,19,22)(H,20,21). The van der Waals surface area contributed by atoms with E-state index in [4.69, 9.17) is 5.73 Å². The molecule has 1 aliphatic rings. The van der Waals surface area contributed by atoms with E-state index in [1.807, 2.05) is 6.92 Å². The summed E-state index contributed by atoms with van der Waals surface area (Å²) in [5.74, 6) is -0.299. The van der Waals surface area contributed by atoms with Crippen LogP contribution in [0, 0.1) is 0 Å². The normalized spacial score (nSPS) is 16.8. The summed E-state index contributed by atoms with van der Waals surface area (Å²) in [5.41, 5.74) is 5.98. The van der Waals surface area contributed by atoms with Gasteiger partial charge in [0.05, 0.1) is 0 Å². The molecular formula is C17H25N3O2. The predicted molar refractivity (Wildman–Crippen MR) is 87.4 cm³/mol. The lowest BCUT2D eigenvalue weighted by atomic mass is 9.80. The highest BCUT2D eigenvalue weighted by molar-refractivity contribution is 5.99. The number of amides is 2. The maximum absolute atomic E-state index is 12.6. The van der Waals surface area contributed by atoms with Gasteiger partial charge in [-0.15, -0.1) is 0 Å². The maximum atomic E-state index is 12.6. The van der Waals surface area contributed by atoms with Gasteiger partial charge in [0.1, 0.15) is 5.54 Å². The van der Waals surface area contributed by atoms with Gasteiger partial charge in [-0.3, -0.25) is 9.59 Å². The summed E-state index contributed by atoms with van der Waals surface area (Å²) in [6, 6.07) is 6.83. The molecule has 1 fully saturated rings. The molecule has 0 bridgehead atoms. The Morgan fingerprint density at radius 3 is 2.59 bits per heavy atom. The maximum Gasteiger partial charge on any atom is 0.252 e. The van der Waals surface area contributed by atoms with Crippen molar-refractivity contribution in [1.29, 1.82) is 0 Å². The smallest absolute Gasteiger partial charge is 0.252 e. The molecule has 1 aliphatic carbocycles. The fraction of sp³-hybridized carbons (Fsp3) is 0.529. The Labute approximate surface area is 131 Å². The second kappa shape index (κ2) is 7.29. The molecule has 5 nitrogen and oxygen atoms in total. The van der Waals surface area contributed by atoms with Gasteiger partial charge in [-0.2, -0.15) is 0 Å². The lowest BCUT2D eigenvalue weighted by Crippen LogP contribution is -2.59. The molecule has 1 aromatic rings. The number of benzene rings is 1. The van der Waals surface area contributed by atoms with Gasteiger partial charge in [0.15, 0.2) is 0 Å². The van der Waals surface area contributed by atoms with Gasteiger partial charge >= 0.3 is 0 Å². The highest BCUT2D eigenvalue weighted by Crippen LogP contribution is 2.29. The van der Waals surface area contributed by atoms with Crippen LogP contribution < -0.4 is 16.4 Å². The highest BCUT2D eigenvalue weighted by atomic mass is 16.2. The third kappa shape index (κ3) is 3.78. The van der Waals surface area contributed by atoms with Crippen molar-refractivity contribution < 1.29 is 9.59 Å². The lowest BCUT2D eigenvalue weighted by Gasteiger charge is -2.36. The largest absolute Gasteiger partial charge is 0.399 e. The summed E-state index contributed by atoms with van der Waals surface area (Å²) >= 11 is 0. The van der Waals surface area contributed by atoms with E-state index in [9.17, 15) is 9.59 Å². The topological polar surface area (TPSA) is 84.2 Å². The molecular weight excluding hydrogens is 278 g/mol. The van der Waals surface area contributed by atoms with Gasteiger partial charge < -0.3 is 16.4 Å². The van der Waals surface area contributed by atoms with E-state index in [0.717, 1.165) is 25.7 Å². The predicted octanol–water partition coefficient (Wildman–Crippen LogP) is 2.23. The first-order valence-corrected chi connectivity index (χ1v) is 8.04. The Hall–Kier alpha value is -2.04. The van der Waals surface area contributed by atoms with Gasteiger partial charge in [0.2, 0.25) is 5.91 Å². The molecule has 120 valence electrons. The van der Waals surface area contributed by atoms with Gasteiger partial charge in [-0.1, -0.05) is 32.3 Å². The number of rotatable bonds is 5. The molecule has 4 N–H and O–H groups in total. The number of anilines is 1. The van der Waals surface area contributed by atoms with Crippen LogP contribution in [0.3, 0.4) is 0 Å². The fourth-order valence-electron chi connectivity index (χ4n) is 2.94. The minimum Gasteiger partial charge on any atom is -0.399 e. The number of hydrogen-bond donors (Lipinski definition) is 3. The average molecular weight is 303 g/mol. The molecule has 0 unspecified atom stereocenters. The van der Waals surface area contributed by atoms with Crippen molar-refractivity contribution in [3.05, 3.63) is 29.8 Å². The van der Waals surface area contributed by atoms with E-state index < -0.39 is 5.54 Å². The zero-order chi connectivity index (χ0) is 16.0. The van der Waals surface area contributed by atoms with Crippen LogP contribution in [0.2, 0.25) is 0 Å². The first-order chi connectivity index (χ1) is 10.6. The Bertz CT molecular complexity index is 536. The summed E-state index contributed by atoms with van der Waals surface area (Å²) in [6.45, 7) is 2.65. The molecule has 22 heavy (non-hydrogen) atoms. The summed E-state index contributed by atoms with van der Waals surface area (Å²) in [4.78, 5) is 25.1. The Morgan fingerprint density at radius 2 is 1.95 bits per heavy atom. The number of hydrogen-bond acceptors (Lipinski definition) is 3. The van der Waals surface area contributed by atoms with Gasteiger partial charge in [-0.05, 0) is 37.5 Å². The zero-order valence-corrected chi connectivity index (χ0v) is 13.2. The van der Waals surface area contributed by atoms with Crippen LogP contribution in [-0.4, -0.2) is 23.9 Å². The number of carbonyl (C=O) groups is 2. The van der Waals surface area contributed by atoms with Gasteiger partial charge in [0, 0.05) is 17.8 Å². The van der Waals surface area contributed by atoms with Crippen LogP contribution in [0.4, 0.5) is 5.69 Å². The van der Waals surface area contributed by atoms with Crippen molar-refractivity contribution in [3.63, 3.8) is 0 Å². The van der Waals surface area contributed by atoms with Crippen LogP contribution in [0.1, 0.15) is 55.8 Å². The summed E-state index contributed by atoms with van der Waals surface area (Å²) in [6.07, 6.45) is 5.28. The Balaban J connectivity index is 2.15. The van der Waals surface area contributed by atoms with Crippen LogP contribution in [0.15, 0.2) is 24.3 Å². The summed E-state index contributed by atoms with van der Waals surface area (Å²) < 4.78 is 0. The number of nitrogens with one attached hydrogen (secondary N) is 2. The van der Waals surface area contributed by atoms with Crippen LogP contribution >= 0.6 is 0 Å². The minimum atomic E-state index is -0.783. The van der Waals surface area contributed by atoms with Crippen LogP contribution in [-0.2, 0) is 4.79 Å². The molecule has 0 saturated heterocycles. The van der Waals surface area contributed by atoms with E-state index in [1.54, 1.807) is 24.3 Å². The fourth-order valence-corrected chi connectivity index (χ4v) is 2.94. The third-order valence-corrected chi connectivity index (χ3v) is 4.18. The molecule has 0 aromatic heterocycles. The third-order valence-electron chi connectivity index (χ3n) is 4.18. The molecule has 2 rings (SSSR count). The molecule has 0 atom stereocenters. The molecule has 1 saturated carbocycles. The molecule has 2 amide bonds. The summed E-state index contributed by atoms with van der Waals surface area (Å²) in [7, 11) is 0. The lowest BCUT2D eigenvalue weighted by molar-refractivity contribution is -0.128. The molecule has 0 radical (unpaired) electrons. The Kier molecular flexibility index (Phi) is 5.41. The van der Waals surface area contributed by atoms with Crippen molar-refractivity contribution in [2.45, 2.75) is 51.0 Å². The van der Waals surface area contributed by atoms with E-state index in [0.29, 0.717) is 30.6 Å². The van der Waals surface area contributed by atoms with E-state index >= 15 is 0 Å². The van der Waals surface area contributed by atoms with Crippen molar-refractivity contribution in [2.24, 2.45) is 0 Å². The van der Waals surface area contributed by atoms with E-state index in [-0.39, 0.29) is 11.8 Å². The monoisotopic (exact) mass is 303 g/mol. The van der Waals surface area contributed by atoms with E-state index in [2.05, 4.69) is 10.6 Å². The molecule has 5 heteroatoms. The molecule has 0 spiro atoms. The highest BCUT2D eigenvalue weighted by Gasteiger charge is 2.40. The van der Waals surface area contributed by atoms with Crippen LogP contribution in [0.5, 0.6) is 0 Å². The van der Waals surface area contributed by atoms with Crippen molar-refractivity contribution >= 4 is 17.5 Å². The zero-order valence-electron chi connectivity index (χ0n) is 13.2. The number of nitrogen functional groups attached to an aromatic ring is 1. The second-order valence-electron chi connectivity index (χ2n) is 5.98. The van der Waals surface area contributed by atoms with Crippen LogP contribution in [0.25, 0.3) is 0 Å². The SMILES string of the molecule is CCCNC(=O)C1(NC(=O)c2cccc(N)c2)CCCCC1. The summed E-state index contributed by atoms with van der Waals surface area (Å²) in [5, 5.41) is 5.91. The second-order valence-corrected chi connectivity index (χ2v) is 5.98. The number of nitrogens with two attached hydrogens (primary N) is 1. The molecule has 1 aromatic carbocycles. The first kappa shape index (κ1) is 16.3. The van der Waals surface area contributed by atoms with Crippen molar-refractivity contribution in [3.8, 4) is 0 Å². The average Bonchev–Trinajstić information content (AvgIpc) is 2.53. The van der Waals surface area contributed by atoms with Crippen molar-refractivity contribution in [2.75, 3.05) is 12.3 Å². The quantitative estimate of drug-likeness (QED) is 0.729. The number of carbonyl (C=O) groups excluding carboxylic acids is 2. The molecule has 0 aliphatic heterocycles. The Morgan fingerprint density at radius 1 is 1.23 bits per heavy atom. The first-order valence-electron chi connectivity index (χ1n) is 8.04.